The molecule has 0 aromatic heterocycles. The molecule has 5 nitrogen and oxygen atoms in total. The van der Waals surface area contributed by atoms with Gasteiger partial charge in [-0.3, -0.25) is 4.79 Å². The molecular weight excluding hydrogens is 296 g/mol. The molecule has 0 radical (unpaired) electrons. The second-order valence-corrected chi connectivity index (χ2v) is 6.15. The van der Waals surface area contributed by atoms with E-state index in [1.54, 1.807) is 6.92 Å². The van der Waals surface area contributed by atoms with E-state index in [9.17, 15) is 9.90 Å². The molecule has 128 valence electrons. The Morgan fingerprint density at radius 2 is 2.00 bits per heavy atom. The van der Waals surface area contributed by atoms with Crippen LogP contribution in [0.1, 0.15) is 63.2 Å². The van der Waals surface area contributed by atoms with Crippen LogP contribution in [0.15, 0.2) is 18.2 Å². The van der Waals surface area contributed by atoms with Crippen LogP contribution in [0.4, 0.5) is 0 Å². The Morgan fingerprint density at radius 1 is 1.35 bits per heavy atom. The van der Waals surface area contributed by atoms with Crippen molar-refractivity contribution in [1.82, 2.24) is 0 Å². The normalized spacial score (nSPS) is 17.3. The van der Waals surface area contributed by atoms with Gasteiger partial charge in [0.25, 0.3) is 0 Å². The van der Waals surface area contributed by atoms with Gasteiger partial charge in [-0.2, -0.15) is 0 Å². The van der Waals surface area contributed by atoms with Crippen molar-refractivity contribution in [2.45, 2.75) is 51.9 Å². The molecule has 1 unspecified atom stereocenters. The number of hydrogen-bond acceptors (Lipinski definition) is 5. The minimum atomic E-state index is -0.865. The predicted molar refractivity (Wildman–Crippen MR) is 86.0 cm³/mol. The molecule has 1 N–H and O–H groups in total. The third-order valence-electron chi connectivity index (χ3n) is 4.19. The Kier molecular flexibility index (Phi) is 5.79. The standard InChI is InChI=1S/C18H26O5/c1-5-14(19)15-12(16-22-10-11-23-16)8-7-9-13(15)18(3,4)17(20)21-6-2/h7-9,14,16,19H,5-6,10-11H2,1-4H3. The number of ether oxygens (including phenoxy) is 3. The van der Waals surface area contributed by atoms with Crippen molar-refractivity contribution in [3.05, 3.63) is 34.9 Å². The lowest BCUT2D eigenvalue weighted by Gasteiger charge is -2.29. The van der Waals surface area contributed by atoms with Crippen LogP contribution in [0.5, 0.6) is 0 Å². The van der Waals surface area contributed by atoms with E-state index in [2.05, 4.69) is 0 Å². The third kappa shape index (κ3) is 3.57. The van der Waals surface area contributed by atoms with Crippen LogP contribution in [0.3, 0.4) is 0 Å². The number of hydrogen-bond donors (Lipinski definition) is 1. The van der Waals surface area contributed by atoms with Crippen LogP contribution in [-0.2, 0) is 24.4 Å². The molecule has 1 saturated heterocycles. The molecule has 23 heavy (non-hydrogen) atoms. The van der Waals surface area contributed by atoms with Crippen molar-refractivity contribution in [3.8, 4) is 0 Å². The maximum atomic E-state index is 12.4. The predicted octanol–water partition coefficient (Wildman–Crippen LogP) is 3.02. The van der Waals surface area contributed by atoms with Gasteiger partial charge in [0, 0.05) is 5.56 Å². The minimum absolute atomic E-state index is 0.310. The molecule has 1 aliphatic heterocycles. The molecular formula is C18H26O5. The lowest BCUT2D eigenvalue weighted by molar-refractivity contribution is -0.148. The maximum Gasteiger partial charge on any atom is 0.315 e. The fourth-order valence-electron chi connectivity index (χ4n) is 2.87. The average molecular weight is 322 g/mol. The number of aliphatic hydroxyl groups excluding tert-OH is 1. The van der Waals surface area contributed by atoms with Crippen LogP contribution in [0.25, 0.3) is 0 Å². The van der Waals surface area contributed by atoms with Crippen LogP contribution < -0.4 is 0 Å². The zero-order valence-electron chi connectivity index (χ0n) is 14.3. The van der Waals surface area contributed by atoms with Crippen LogP contribution >= 0.6 is 0 Å². The summed E-state index contributed by atoms with van der Waals surface area (Å²) in [5.74, 6) is -0.310. The summed E-state index contributed by atoms with van der Waals surface area (Å²) in [5.41, 5.74) is 1.38. The highest BCUT2D eigenvalue weighted by Crippen LogP contribution is 2.38. The van der Waals surface area contributed by atoms with Crippen LogP contribution in [-0.4, -0.2) is 30.9 Å². The van der Waals surface area contributed by atoms with Gasteiger partial charge in [0.1, 0.15) is 0 Å². The first-order valence-corrected chi connectivity index (χ1v) is 8.15. The minimum Gasteiger partial charge on any atom is -0.465 e. The van der Waals surface area contributed by atoms with Gasteiger partial charge < -0.3 is 19.3 Å². The fraction of sp³-hybridized carbons (Fsp3) is 0.611. The molecule has 0 spiro atoms. The number of carbonyl (C=O) groups is 1. The number of carbonyl (C=O) groups excluding carboxylic acids is 1. The van der Waals surface area contributed by atoms with E-state index in [0.29, 0.717) is 31.8 Å². The SMILES string of the molecule is CCOC(=O)C(C)(C)c1cccc(C2OCCO2)c1C(O)CC. The molecule has 1 atom stereocenters. The molecule has 1 aromatic rings. The molecule has 2 rings (SSSR count). The average Bonchev–Trinajstić information content (AvgIpc) is 3.07. The Morgan fingerprint density at radius 3 is 2.57 bits per heavy atom. The second kappa shape index (κ2) is 7.43. The van der Waals surface area contributed by atoms with Gasteiger partial charge >= 0.3 is 5.97 Å². The molecule has 1 aromatic carbocycles. The van der Waals surface area contributed by atoms with Gasteiger partial charge in [-0.25, -0.2) is 0 Å². The van der Waals surface area contributed by atoms with Gasteiger partial charge in [-0.15, -0.1) is 0 Å². The van der Waals surface area contributed by atoms with E-state index in [1.807, 2.05) is 39.0 Å². The third-order valence-corrected chi connectivity index (χ3v) is 4.19. The first-order valence-electron chi connectivity index (χ1n) is 8.15. The number of rotatable bonds is 6. The highest BCUT2D eigenvalue weighted by atomic mass is 16.7. The van der Waals surface area contributed by atoms with E-state index < -0.39 is 17.8 Å². The summed E-state index contributed by atoms with van der Waals surface area (Å²) in [4.78, 5) is 12.4. The van der Waals surface area contributed by atoms with Crippen LogP contribution in [0.2, 0.25) is 0 Å². The summed E-state index contributed by atoms with van der Waals surface area (Å²) in [5, 5.41) is 10.6. The van der Waals surface area contributed by atoms with Crippen molar-refractivity contribution >= 4 is 5.97 Å². The molecule has 0 aliphatic carbocycles. The Hall–Kier alpha value is -1.43. The Labute approximate surface area is 137 Å². The van der Waals surface area contributed by atoms with Crippen molar-refractivity contribution in [2.24, 2.45) is 0 Å². The van der Waals surface area contributed by atoms with Crippen LogP contribution in [0, 0.1) is 0 Å². The summed E-state index contributed by atoms with van der Waals surface area (Å²) in [6, 6.07) is 5.61. The largest absolute Gasteiger partial charge is 0.465 e. The molecule has 5 heteroatoms. The lowest BCUT2D eigenvalue weighted by Crippen LogP contribution is -2.33. The van der Waals surface area contributed by atoms with Gasteiger partial charge in [0.2, 0.25) is 0 Å². The summed E-state index contributed by atoms with van der Waals surface area (Å²) < 4.78 is 16.4. The topological polar surface area (TPSA) is 65.0 Å². The molecule has 0 amide bonds. The molecule has 1 fully saturated rings. The quantitative estimate of drug-likeness (QED) is 0.816. The first-order chi connectivity index (χ1) is 10.9. The molecule has 1 aliphatic rings. The smallest absolute Gasteiger partial charge is 0.315 e. The number of esters is 1. The molecule has 0 bridgehead atoms. The Balaban J connectivity index is 2.54. The van der Waals surface area contributed by atoms with E-state index >= 15 is 0 Å². The van der Waals surface area contributed by atoms with Gasteiger partial charge in [0.05, 0.1) is 31.3 Å². The van der Waals surface area contributed by atoms with Crippen molar-refractivity contribution in [3.63, 3.8) is 0 Å². The van der Waals surface area contributed by atoms with Gasteiger partial charge in [-0.05, 0) is 38.3 Å². The fourth-order valence-corrected chi connectivity index (χ4v) is 2.87. The maximum absolute atomic E-state index is 12.4. The lowest BCUT2D eigenvalue weighted by atomic mass is 9.78. The second-order valence-electron chi connectivity index (χ2n) is 6.15. The van der Waals surface area contributed by atoms with Crippen molar-refractivity contribution < 1.29 is 24.1 Å². The van der Waals surface area contributed by atoms with E-state index in [1.165, 1.54) is 0 Å². The van der Waals surface area contributed by atoms with Gasteiger partial charge in [-0.1, -0.05) is 25.1 Å². The number of aliphatic hydroxyl groups is 1. The highest BCUT2D eigenvalue weighted by molar-refractivity contribution is 5.83. The zero-order valence-corrected chi connectivity index (χ0v) is 14.3. The molecule has 0 saturated carbocycles. The first kappa shape index (κ1) is 17.9. The highest BCUT2D eigenvalue weighted by Gasteiger charge is 2.37. The zero-order chi connectivity index (χ0) is 17.0. The Bertz CT molecular complexity index is 546. The van der Waals surface area contributed by atoms with Gasteiger partial charge in [0.15, 0.2) is 6.29 Å². The summed E-state index contributed by atoms with van der Waals surface area (Å²) >= 11 is 0. The van der Waals surface area contributed by atoms with E-state index in [4.69, 9.17) is 14.2 Å². The monoisotopic (exact) mass is 322 g/mol. The van der Waals surface area contributed by atoms with Crippen molar-refractivity contribution in [1.29, 1.82) is 0 Å². The summed E-state index contributed by atoms with van der Waals surface area (Å²) in [6.07, 6.45) is -0.651. The summed E-state index contributed by atoms with van der Waals surface area (Å²) in [6.45, 7) is 8.68. The van der Waals surface area contributed by atoms with E-state index in [0.717, 1.165) is 11.1 Å². The molecule has 1 heterocycles. The summed E-state index contributed by atoms with van der Waals surface area (Å²) in [7, 11) is 0. The van der Waals surface area contributed by atoms with Crippen molar-refractivity contribution in [2.75, 3.05) is 19.8 Å². The van der Waals surface area contributed by atoms with E-state index in [-0.39, 0.29) is 5.97 Å². The number of benzene rings is 1.